The van der Waals surface area contributed by atoms with Crippen molar-refractivity contribution in [2.45, 2.75) is 32.9 Å². The second kappa shape index (κ2) is 11.0. The number of ether oxygens (including phenoxy) is 2. The number of aromatic nitrogens is 2. The maximum absolute atomic E-state index is 12.1. The lowest BCUT2D eigenvalue weighted by Crippen LogP contribution is -2.27. The van der Waals surface area contributed by atoms with Gasteiger partial charge in [0.2, 0.25) is 11.7 Å². The number of benzene rings is 2. The van der Waals surface area contributed by atoms with E-state index in [-0.39, 0.29) is 17.3 Å². The van der Waals surface area contributed by atoms with Gasteiger partial charge in [-0.2, -0.15) is 4.98 Å². The minimum Gasteiger partial charge on any atom is -0.437 e. The molecule has 0 radical (unpaired) electrons. The molecule has 11 nitrogen and oxygen atoms in total. The van der Waals surface area contributed by atoms with Crippen LogP contribution in [0.5, 0.6) is 0 Å². The summed E-state index contributed by atoms with van der Waals surface area (Å²) in [7, 11) is 3.15. The summed E-state index contributed by atoms with van der Waals surface area (Å²) in [6.07, 6.45) is -0.915. The first-order chi connectivity index (χ1) is 17.8. The average molecular weight is 506 g/mol. The van der Waals surface area contributed by atoms with E-state index < -0.39 is 17.0 Å². The molecule has 0 saturated heterocycles. The van der Waals surface area contributed by atoms with Gasteiger partial charge in [0, 0.05) is 29.9 Å². The van der Waals surface area contributed by atoms with Crippen molar-refractivity contribution in [3.8, 4) is 0 Å². The fourth-order valence-corrected chi connectivity index (χ4v) is 4.28. The van der Waals surface area contributed by atoms with Gasteiger partial charge in [-0.25, -0.2) is 4.79 Å². The third-order valence-corrected chi connectivity index (χ3v) is 5.88. The van der Waals surface area contributed by atoms with Gasteiger partial charge in [0.15, 0.2) is 0 Å². The largest absolute Gasteiger partial charge is 0.513 e. The maximum atomic E-state index is 12.1. The lowest BCUT2D eigenvalue weighted by atomic mass is 9.84. The second-order valence-corrected chi connectivity index (χ2v) is 8.66. The van der Waals surface area contributed by atoms with Gasteiger partial charge in [-0.3, -0.25) is 15.0 Å². The van der Waals surface area contributed by atoms with Crippen molar-refractivity contribution in [1.82, 2.24) is 20.4 Å². The number of non-ortho nitro benzene ring substituents is 1. The van der Waals surface area contributed by atoms with Crippen molar-refractivity contribution in [2.75, 3.05) is 14.2 Å². The highest BCUT2D eigenvalue weighted by atomic mass is 16.7. The first kappa shape index (κ1) is 25.6. The predicted octanol–water partition coefficient (Wildman–Crippen LogP) is 4.74. The van der Waals surface area contributed by atoms with Crippen molar-refractivity contribution in [1.29, 1.82) is 0 Å². The molecular formula is C26H27N5O6. The van der Waals surface area contributed by atoms with E-state index in [1.807, 2.05) is 49.2 Å². The van der Waals surface area contributed by atoms with Gasteiger partial charge < -0.3 is 19.3 Å². The summed E-state index contributed by atoms with van der Waals surface area (Å²) in [6.45, 7) is 4.67. The molecule has 1 aliphatic heterocycles. The summed E-state index contributed by atoms with van der Waals surface area (Å²) < 4.78 is 15.8. The maximum Gasteiger partial charge on any atom is 0.513 e. The Hall–Kier alpha value is -4.51. The molecule has 2 heterocycles. The zero-order valence-electron chi connectivity index (χ0n) is 20.9. The second-order valence-electron chi connectivity index (χ2n) is 8.66. The summed E-state index contributed by atoms with van der Waals surface area (Å²) in [5.41, 5.74) is 3.38. The number of carbonyl (C=O) groups excluding carboxylic acids is 1. The number of carbonyl (C=O) groups is 1. The number of rotatable bonds is 8. The fraction of sp³-hybridized carbons (Fsp3) is 0.269. The molecule has 4 rings (SSSR count). The van der Waals surface area contributed by atoms with Crippen molar-refractivity contribution in [3.63, 3.8) is 0 Å². The van der Waals surface area contributed by atoms with Crippen LogP contribution in [0.2, 0.25) is 0 Å². The van der Waals surface area contributed by atoms with Crippen LogP contribution in [-0.4, -0.2) is 40.3 Å². The smallest absolute Gasteiger partial charge is 0.437 e. The number of hydrogen-bond donors (Lipinski definition) is 1. The first-order valence-electron chi connectivity index (χ1n) is 11.5. The minimum atomic E-state index is -0.915. The summed E-state index contributed by atoms with van der Waals surface area (Å²) in [5, 5.41) is 18.9. The van der Waals surface area contributed by atoms with Gasteiger partial charge in [0.1, 0.15) is 5.76 Å². The fourth-order valence-electron chi connectivity index (χ4n) is 4.28. The molecule has 1 aromatic heterocycles. The first-order valence-corrected chi connectivity index (χ1v) is 11.5. The molecule has 0 aliphatic carbocycles. The van der Waals surface area contributed by atoms with E-state index in [0.717, 1.165) is 5.56 Å². The lowest BCUT2D eigenvalue weighted by Gasteiger charge is -2.30. The van der Waals surface area contributed by atoms with Crippen LogP contribution in [0.4, 0.5) is 10.5 Å². The molecule has 1 N–H and O–H groups in total. The van der Waals surface area contributed by atoms with Crippen molar-refractivity contribution in [2.24, 2.45) is 0 Å². The van der Waals surface area contributed by atoms with E-state index in [0.29, 0.717) is 41.5 Å². The Morgan fingerprint density at radius 1 is 1.14 bits per heavy atom. The van der Waals surface area contributed by atoms with Gasteiger partial charge in [-0.1, -0.05) is 47.6 Å². The van der Waals surface area contributed by atoms with Gasteiger partial charge in [-0.15, -0.1) is 0 Å². The molecule has 11 heteroatoms. The Balaban J connectivity index is 1.69. The van der Waals surface area contributed by atoms with Crippen LogP contribution in [0.1, 0.15) is 42.6 Å². The van der Waals surface area contributed by atoms with E-state index in [1.165, 1.54) is 19.2 Å². The lowest BCUT2D eigenvalue weighted by molar-refractivity contribution is -0.384. The highest BCUT2D eigenvalue weighted by Gasteiger charge is 2.36. The van der Waals surface area contributed by atoms with Gasteiger partial charge in [0.25, 0.3) is 5.69 Å². The Kier molecular flexibility index (Phi) is 7.63. The molecule has 0 bridgehead atoms. The van der Waals surface area contributed by atoms with Crippen molar-refractivity contribution in [3.05, 3.63) is 105 Å². The third kappa shape index (κ3) is 5.84. The Morgan fingerprint density at radius 2 is 1.89 bits per heavy atom. The topological polar surface area (TPSA) is 133 Å². The normalized spacial score (nSPS) is 15.5. The van der Waals surface area contributed by atoms with E-state index in [9.17, 15) is 14.9 Å². The molecule has 2 aromatic carbocycles. The monoisotopic (exact) mass is 505 g/mol. The van der Waals surface area contributed by atoms with Crippen LogP contribution < -0.4 is 5.32 Å². The molecule has 1 atom stereocenters. The van der Waals surface area contributed by atoms with E-state index >= 15 is 0 Å². The standard InChI is InChI=1S/C26H27N5O6/c1-16-22(25-28-21(37-29-25)15-30(3)14-18-9-6-5-7-10-18)23(19-11-8-12-20(13-19)31(33)34)24(17(2)27-16)36-26(32)35-4/h5-13,23,27H,14-15H2,1-4H3. The van der Waals surface area contributed by atoms with Gasteiger partial charge in [-0.05, 0) is 32.0 Å². The third-order valence-electron chi connectivity index (χ3n) is 5.88. The van der Waals surface area contributed by atoms with Crippen LogP contribution in [0.25, 0.3) is 5.57 Å². The van der Waals surface area contributed by atoms with Crippen LogP contribution in [-0.2, 0) is 22.6 Å². The van der Waals surface area contributed by atoms with Crippen LogP contribution in [0.15, 0.2) is 76.3 Å². The molecule has 192 valence electrons. The molecule has 3 aromatic rings. The number of hydrogen-bond acceptors (Lipinski definition) is 10. The molecule has 1 unspecified atom stereocenters. The molecule has 0 spiro atoms. The van der Waals surface area contributed by atoms with Crippen molar-refractivity contribution < 1.29 is 23.7 Å². The van der Waals surface area contributed by atoms with E-state index in [1.54, 1.807) is 19.1 Å². The van der Waals surface area contributed by atoms with Gasteiger partial charge in [0.05, 0.1) is 30.2 Å². The van der Waals surface area contributed by atoms with Crippen LogP contribution >= 0.6 is 0 Å². The number of nitro groups is 1. The predicted molar refractivity (Wildman–Crippen MR) is 134 cm³/mol. The summed E-state index contributed by atoms with van der Waals surface area (Å²) in [4.78, 5) is 29.7. The molecule has 0 amide bonds. The zero-order chi connectivity index (χ0) is 26.5. The van der Waals surface area contributed by atoms with E-state index in [4.69, 9.17) is 14.0 Å². The molecular weight excluding hydrogens is 478 g/mol. The Bertz CT molecular complexity index is 1360. The Labute approximate surface area is 213 Å². The molecule has 0 fully saturated rings. The average Bonchev–Trinajstić information content (AvgIpc) is 3.33. The Morgan fingerprint density at radius 3 is 2.59 bits per heavy atom. The number of nitro benzene ring substituents is 1. The molecule has 0 saturated carbocycles. The van der Waals surface area contributed by atoms with Crippen molar-refractivity contribution >= 4 is 17.4 Å². The summed E-state index contributed by atoms with van der Waals surface area (Å²) in [5.74, 6) is 0.171. The highest BCUT2D eigenvalue weighted by Crippen LogP contribution is 2.43. The number of nitrogens with one attached hydrogen (secondary N) is 1. The minimum absolute atomic E-state index is 0.0977. The summed E-state index contributed by atoms with van der Waals surface area (Å²) in [6, 6.07) is 16.1. The number of dihydropyridines is 1. The quantitative estimate of drug-likeness (QED) is 0.260. The molecule has 1 aliphatic rings. The van der Waals surface area contributed by atoms with Crippen LogP contribution in [0.3, 0.4) is 0 Å². The number of methoxy groups -OCH3 is 1. The van der Waals surface area contributed by atoms with E-state index in [2.05, 4.69) is 15.5 Å². The summed E-state index contributed by atoms with van der Waals surface area (Å²) >= 11 is 0. The zero-order valence-corrected chi connectivity index (χ0v) is 20.9. The van der Waals surface area contributed by atoms with Crippen LogP contribution in [0, 0.1) is 10.1 Å². The number of nitrogens with zero attached hydrogens (tertiary/aromatic N) is 4. The molecule has 37 heavy (non-hydrogen) atoms. The highest BCUT2D eigenvalue weighted by molar-refractivity contribution is 5.76. The SMILES string of the molecule is COC(=O)OC1=C(C)NC(C)=C(c2noc(CN(C)Cc3ccccc3)n2)C1c1cccc([N+](=O)[O-])c1. The number of allylic oxidation sites excluding steroid dienone is 3. The van der Waals surface area contributed by atoms with Gasteiger partial charge >= 0.3 is 6.16 Å².